The number of nitrogens with two attached hydrogens (primary N) is 1. The fraction of sp³-hybridized carbons (Fsp3) is 0.500. The summed E-state index contributed by atoms with van der Waals surface area (Å²) < 4.78 is 0. The second kappa shape index (κ2) is 7.94. The molecule has 0 fully saturated rings. The summed E-state index contributed by atoms with van der Waals surface area (Å²) in [7, 11) is 0. The van der Waals surface area contributed by atoms with Crippen LogP contribution in [0.2, 0.25) is 0 Å². The van der Waals surface area contributed by atoms with Crippen molar-refractivity contribution in [1.82, 2.24) is 5.06 Å². The number of rotatable bonds is 7. The molecule has 5 N–H and O–H groups in total. The van der Waals surface area contributed by atoms with Gasteiger partial charge < -0.3 is 15.9 Å². The predicted molar refractivity (Wildman–Crippen MR) is 84.0 cm³/mol. The summed E-state index contributed by atoms with van der Waals surface area (Å²) in [6.45, 7) is 5.19. The third-order valence-corrected chi connectivity index (χ3v) is 3.88. The molecule has 0 saturated heterocycles. The van der Waals surface area contributed by atoms with Crippen LogP contribution >= 0.6 is 0 Å². The van der Waals surface area contributed by atoms with Crippen molar-refractivity contribution in [2.45, 2.75) is 45.2 Å². The molecule has 0 aliphatic carbocycles. The first-order valence-electron chi connectivity index (χ1n) is 7.49. The van der Waals surface area contributed by atoms with Crippen molar-refractivity contribution in [1.29, 1.82) is 0 Å². The number of aliphatic carboxylic acids is 1. The average Bonchev–Trinajstić information content (AvgIpc) is 2.49. The summed E-state index contributed by atoms with van der Waals surface area (Å²) in [5.41, 5.74) is 6.41. The Kier molecular flexibility index (Phi) is 6.53. The van der Waals surface area contributed by atoms with Crippen LogP contribution in [0, 0.1) is 5.92 Å². The average molecular weight is 324 g/mol. The van der Waals surface area contributed by atoms with E-state index in [-0.39, 0.29) is 16.7 Å². The summed E-state index contributed by atoms with van der Waals surface area (Å²) in [6.07, 6.45) is 0.365. The molecule has 0 spiro atoms. The Labute approximate surface area is 135 Å². The minimum atomic E-state index is -1.52. The number of hydroxylamine groups is 2. The Balaban J connectivity index is 3.07. The molecule has 0 radical (unpaired) electrons. The largest absolute Gasteiger partial charge is 0.508 e. The van der Waals surface area contributed by atoms with E-state index >= 15 is 0 Å². The second-order valence-corrected chi connectivity index (χ2v) is 5.84. The number of carboxylic acids is 1. The number of carbonyl (C=O) groups excluding carboxylic acids is 1. The molecule has 7 heteroatoms. The smallest absolute Gasteiger partial charge is 0.330 e. The van der Waals surface area contributed by atoms with E-state index < -0.39 is 29.9 Å². The highest BCUT2D eigenvalue weighted by atomic mass is 16.5. The highest BCUT2D eigenvalue weighted by Crippen LogP contribution is 2.25. The lowest BCUT2D eigenvalue weighted by Crippen LogP contribution is -2.56. The number of benzene rings is 1. The molecule has 1 aromatic rings. The van der Waals surface area contributed by atoms with E-state index in [1.54, 1.807) is 32.9 Å². The zero-order chi connectivity index (χ0) is 17.7. The summed E-state index contributed by atoms with van der Waals surface area (Å²) in [5.74, 6) is -2.99. The number of hydrogen-bond acceptors (Lipinski definition) is 5. The van der Waals surface area contributed by atoms with Gasteiger partial charge in [0.2, 0.25) is 0 Å². The number of nitrogens with zero attached hydrogens (tertiary/aromatic N) is 1. The van der Waals surface area contributed by atoms with E-state index in [4.69, 9.17) is 5.73 Å². The molecule has 23 heavy (non-hydrogen) atoms. The molecule has 0 aliphatic rings. The van der Waals surface area contributed by atoms with Crippen molar-refractivity contribution in [3.63, 3.8) is 0 Å². The fourth-order valence-electron chi connectivity index (χ4n) is 2.35. The van der Waals surface area contributed by atoms with Crippen molar-refractivity contribution < 1.29 is 25.0 Å². The first-order chi connectivity index (χ1) is 10.7. The fourth-order valence-corrected chi connectivity index (χ4v) is 2.35. The lowest BCUT2D eigenvalue weighted by atomic mass is 9.92. The van der Waals surface area contributed by atoms with Crippen LogP contribution in [-0.4, -0.2) is 44.4 Å². The lowest BCUT2D eigenvalue weighted by Gasteiger charge is -2.31. The van der Waals surface area contributed by atoms with Crippen LogP contribution in [-0.2, 0) is 9.59 Å². The number of phenolic OH excluding ortho intramolecular Hbond substituents is 1. The van der Waals surface area contributed by atoms with Crippen LogP contribution in [0.4, 0.5) is 0 Å². The van der Waals surface area contributed by atoms with Gasteiger partial charge in [-0.1, -0.05) is 32.9 Å². The quantitative estimate of drug-likeness (QED) is 0.445. The van der Waals surface area contributed by atoms with E-state index in [1.165, 1.54) is 12.1 Å². The van der Waals surface area contributed by atoms with Gasteiger partial charge in [-0.2, -0.15) is 0 Å². The molecule has 1 amide bonds. The van der Waals surface area contributed by atoms with Gasteiger partial charge in [-0.25, -0.2) is 9.86 Å². The van der Waals surface area contributed by atoms with E-state index in [2.05, 4.69) is 0 Å². The number of carbonyl (C=O) groups is 2. The van der Waals surface area contributed by atoms with Crippen LogP contribution in [0.25, 0.3) is 0 Å². The number of amides is 1. The minimum Gasteiger partial charge on any atom is -0.508 e. The van der Waals surface area contributed by atoms with Crippen LogP contribution in [0.5, 0.6) is 5.75 Å². The van der Waals surface area contributed by atoms with Gasteiger partial charge in [-0.3, -0.25) is 10.0 Å². The maximum Gasteiger partial charge on any atom is 0.330 e. The number of phenols is 1. The normalized spacial score (nSPS) is 15.0. The van der Waals surface area contributed by atoms with Crippen LogP contribution in [0.15, 0.2) is 24.3 Å². The molecule has 1 aromatic carbocycles. The van der Waals surface area contributed by atoms with E-state index in [9.17, 15) is 25.0 Å². The molecule has 7 nitrogen and oxygen atoms in total. The molecule has 0 aliphatic heterocycles. The van der Waals surface area contributed by atoms with Gasteiger partial charge in [0, 0.05) is 6.04 Å². The molecule has 3 atom stereocenters. The molecule has 0 aromatic heterocycles. The van der Waals surface area contributed by atoms with Crippen LogP contribution < -0.4 is 5.73 Å². The van der Waals surface area contributed by atoms with Gasteiger partial charge in [0.15, 0.2) is 6.04 Å². The molecule has 0 heterocycles. The summed E-state index contributed by atoms with van der Waals surface area (Å²) in [6, 6.07) is 3.57. The Morgan fingerprint density at radius 1 is 1.22 bits per heavy atom. The maximum absolute atomic E-state index is 12.5. The van der Waals surface area contributed by atoms with Crippen molar-refractivity contribution >= 4 is 11.9 Å². The summed E-state index contributed by atoms with van der Waals surface area (Å²) >= 11 is 0. The molecule has 0 saturated carbocycles. The van der Waals surface area contributed by atoms with E-state index in [0.717, 1.165) is 0 Å². The van der Waals surface area contributed by atoms with Crippen molar-refractivity contribution in [3.05, 3.63) is 29.8 Å². The molecule has 128 valence electrons. The Morgan fingerprint density at radius 3 is 2.13 bits per heavy atom. The standard InChI is InChI=1S/C16H24N2O5/c1-4-12(10-5-7-11(19)8-6-10)15(20)18(23)14(16(21)22)13(17)9(2)3/h5-9,12-14,19,23H,4,17H2,1-3H3,(H,21,22). The number of carboxylic acid groups (broad SMARTS) is 1. The topological polar surface area (TPSA) is 124 Å². The monoisotopic (exact) mass is 324 g/mol. The summed E-state index contributed by atoms with van der Waals surface area (Å²) in [5, 5.41) is 29.0. The zero-order valence-electron chi connectivity index (χ0n) is 13.5. The molecule has 1 rings (SSSR count). The van der Waals surface area contributed by atoms with Gasteiger partial charge in [-0.15, -0.1) is 0 Å². The third kappa shape index (κ3) is 4.43. The minimum absolute atomic E-state index is 0.0575. The van der Waals surface area contributed by atoms with E-state index in [1.807, 2.05) is 0 Å². The number of hydrogen-bond donors (Lipinski definition) is 4. The zero-order valence-corrected chi connectivity index (χ0v) is 13.5. The van der Waals surface area contributed by atoms with Crippen LogP contribution in [0.1, 0.15) is 38.7 Å². The molecular weight excluding hydrogens is 300 g/mol. The van der Waals surface area contributed by atoms with Crippen molar-refractivity contribution in [2.24, 2.45) is 11.7 Å². The Hall–Kier alpha value is -2.12. The van der Waals surface area contributed by atoms with Gasteiger partial charge in [0.05, 0.1) is 5.92 Å². The number of aromatic hydroxyl groups is 1. The predicted octanol–water partition coefficient (Wildman–Crippen LogP) is 1.54. The van der Waals surface area contributed by atoms with Gasteiger partial charge in [0.25, 0.3) is 5.91 Å². The van der Waals surface area contributed by atoms with E-state index in [0.29, 0.717) is 12.0 Å². The van der Waals surface area contributed by atoms with Crippen molar-refractivity contribution in [3.8, 4) is 5.75 Å². The maximum atomic E-state index is 12.5. The molecule has 0 bridgehead atoms. The van der Waals surface area contributed by atoms with Gasteiger partial charge in [-0.05, 0) is 30.0 Å². The summed E-state index contributed by atoms with van der Waals surface area (Å²) in [4.78, 5) is 23.9. The highest BCUT2D eigenvalue weighted by Gasteiger charge is 2.38. The second-order valence-electron chi connectivity index (χ2n) is 5.84. The molecule has 3 unspecified atom stereocenters. The van der Waals surface area contributed by atoms with Crippen LogP contribution in [0.3, 0.4) is 0 Å². The third-order valence-electron chi connectivity index (χ3n) is 3.88. The van der Waals surface area contributed by atoms with Crippen molar-refractivity contribution in [2.75, 3.05) is 0 Å². The lowest BCUT2D eigenvalue weighted by molar-refractivity contribution is -0.190. The first-order valence-corrected chi connectivity index (χ1v) is 7.49. The van der Waals surface area contributed by atoms with Gasteiger partial charge >= 0.3 is 5.97 Å². The van der Waals surface area contributed by atoms with Gasteiger partial charge in [0.1, 0.15) is 5.75 Å². The highest BCUT2D eigenvalue weighted by molar-refractivity contribution is 5.87. The Morgan fingerprint density at radius 2 is 1.74 bits per heavy atom. The SMILES string of the molecule is CCC(C(=O)N(O)C(C(=O)O)C(N)C(C)C)c1ccc(O)cc1. The Bertz CT molecular complexity index is 544. The molecular formula is C16H24N2O5. The first kappa shape index (κ1) is 18.9.